The van der Waals surface area contributed by atoms with Gasteiger partial charge in [-0.3, -0.25) is 9.59 Å². The van der Waals surface area contributed by atoms with Crippen LogP contribution < -0.4 is 10.1 Å². The maximum atomic E-state index is 13.5. The largest absolute Gasteiger partial charge is 0.497 e. The lowest BCUT2D eigenvalue weighted by molar-refractivity contribution is -0.139. The van der Waals surface area contributed by atoms with Crippen LogP contribution in [0.5, 0.6) is 5.75 Å². The Morgan fingerprint density at radius 2 is 1.64 bits per heavy atom. The van der Waals surface area contributed by atoms with Gasteiger partial charge in [-0.25, -0.2) is 0 Å². The summed E-state index contributed by atoms with van der Waals surface area (Å²) in [6.07, 6.45) is 9.33. The van der Waals surface area contributed by atoms with E-state index in [2.05, 4.69) is 46.6 Å². The van der Waals surface area contributed by atoms with Gasteiger partial charge in [0, 0.05) is 25.6 Å². The molecule has 3 aliphatic rings. The van der Waals surface area contributed by atoms with E-state index >= 15 is 0 Å². The summed E-state index contributed by atoms with van der Waals surface area (Å²) < 4.78 is 5.26. The normalized spacial score (nSPS) is 20.4. The van der Waals surface area contributed by atoms with Crippen molar-refractivity contribution in [1.82, 2.24) is 15.1 Å². The molecule has 0 bridgehead atoms. The molecular weight excluding hydrogens is 510 g/mol. The predicted octanol–water partition coefficient (Wildman–Crippen LogP) is 5.76. The highest BCUT2D eigenvalue weighted by Gasteiger charge is 2.47. The number of ether oxygens (including phenoxy) is 1. The molecule has 3 fully saturated rings. The van der Waals surface area contributed by atoms with Crippen molar-refractivity contribution in [2.45, 2.75) is 70.4 Å². The number of carbonyl (C=O) groups is 2. The van der Waals surface area contributed by atoms with E-state index in [1.165, 1.54) is 24.8 Å². The fourth-order valence-corrected chi connectivity index (χ4v) is 6.64. The second kappa shape index (κ2) is 13.7. The molecule has 1 aliphatic carbocycles. The Hall–Kier alpha value is -2.57. The first kappa shape index (κ1) is 29.4. The molecule has 7 heteroatoms. The van der Waals surface area contributed by atoms with Crippen molar-refractivity contribution in [3.8, 4) is 5.75 Å². The lowest BCUT2D eigenvalue weighted by atomic mass is 9.77. The molecule has 2 aromatic carbocycles. The first-order chi connectivity index (χ1) is 18.6. The van der Waals surface area contributed by atoms with Gasteiger partial charge in [-0.05, 0) is 74.9 Å². The van der Waals surface area contributed by atoms with E-state index in [0.717, 1.165) is 76.0 Å². The third-order valence-electron chi connectivity index (χ3n) is 9.18. The lowest BCUT2D eigenvalue weighted by Crippen LogP contribution is -2.45. The van der Waals surface area contributed by atoms with E-state index in [0.29, 0.717) is 12.5 Å². The maximum absolute atomic E-state index is 13.5. The highest BCUT2D eigenvalue weighted by atomic mass is 35.5. The number of hydrogen-bond donors (Lipinski definition) is 1. The van der Waals surface area contributed by atoms with Crippen molar-refractivity contribution < 1.29 is 14.3 Å². The maximum Gasteiger partial charge on any atom is 0.229 e. The molecule has 0 unspecified atom stereocenters. The molecule has 2 aliphatic heterocycles. The van der Waals surface area contributed by atoms with Gasteiger partial charge in [0.2, 0.25) is 11.8 Å². The molecule has 0 aromatic heterocycles. The van der Waals surface area contributed by atoms with Crippen LogP contribution in [0.2, 0.25) is 0 Å². The highest BCUT2D eigenvalue weighted by molar-refractivity contribution is 5.85. The van der Waals surface area contributed by atoms with E-state index in [1.54, 1.807) is 7.11 Å². The second-order valence-electron chi connectivity index (χ2n) is 11.5. The molecule has 1 saturated carbocycles. The van der Waals surface area contributed by atoms with Crippen molar-refractivity contribution in [2.24, 2.45) is 11.3 Å². The van der Waals surface area contributed by atoms with Gasteiger partial charge in [0.15, 0.2) is 0 Å². The number of halogens is 1. The zero-order valence-corrected chi connectivity index (χ0v) is 24.1. The molecule has 0 radical (unpaired) electrons. The van der Waals surface area contributed by atoms with Crippen molar-refractivity contribution in [3.05, 3.63) is 65.7 Å². The molecule has 2 heterocycles. The van der Waals surface area contributed by atoms with Crippen LogP contribution >= 0.6 is 12.4 Å². The minimum Gasteiger partial charge on any atom is -0.497 e. The quantitative estimate of drug-likeness (QED) is 0.429. The van der Waals surface area contributed by atoms with E-state index in [-0.39, 0.29) is 35.7 Å². The van der Waals surface area contributed by atoms with Crippen LogP contribution in [0.4, 0.5) is 0 Å². The first-order valence-electron chi connectivity index (χ1n) is 14.6. The van der Waals surface area contributed by atoms with Crippen LogP contribution in [-0.4, -0.2) is 54.9 Å². The number of nitrogens with one attached hydrogen (secondary N) is 1. The number of carbonyl (C=O) groups excluding carboxylic acids is 2. The van der Waals surface area contributed by atoms with E-state index in [9.17, 15) is 9.59 Å². The first-order valence-corrected chi connectivity index (χ1v) is 14.6. The minimum absolute atomic E-state index is 0. The van der Waals surface area contributed by atoms with Gasteiger partial charge in [-0.2, -0.15) is 0 Å². The number of methoxy groups -OCH3 is 1. The Morgan fingerprint density at radius 3 is 2.31 bits per heavy atom. The van der Waals surface area contributed by atoms with Crippen LogP contribution in [0, 0.1) is 11.3 Å². The Kier molecular flexibility index (Phi) is 10.3. The molecule has 39 heavy (non-hydrogen) atoms. The third-order valence-corrected chi connectivity index (χ3v) is 9.18. The summed E-state index contributed by atoms with van der Waals surface area (Å²) in [5.74, 6) is 1.56. The van der Waals surface area contributed by atoms with Gasteiger partial charge < -0.3 is 19.9 Å². The van der Waals surface area contributed by atoms with Gasteiger partial charge in [0.1, 0.15) is 5.75 Å². The van der Waals surface area contributed by atoms with E-state index in [1.807, 2.05) is 23.1 Å². The molecule has 1 N–H and O–H groups in total. The molecule has 6 nitrogen and oxygen atoms in total. The fraction of sp³-hybridized carbons (Fsp3) is 0.562. The Labute approximate surface area is 239 Å². The average molecular weight is 554 g/mol. The molecule has 2 saturated heterocycles. The van der Waals surface area contributed by atoms with Crippen LogP contribution in [0.3, 0.4) is 0 Å². The molecular formula is C32H44ClN3O3. The predicted molar refractivity (Wildman–Crippen MR) is 157 cm³/mol. The Balaban J connectivity index is 0.00000353. The van der Waals surface area contributed by atoms with Gasteiger partial charge in [0.05, 0.1) is 18.6 Å². The summed E-state index contributed by atoms with van der Waals surface area (Å²) in [4.78, 5) is 31.1. The van der Waals surface area contributed by atoms with E-state index < -0.39 is 0 Å². The van der Waals surface area contributed by atoms with Gasteiger partial charge >= 0.3 is 0 Å². The summed E-state index contributed by atoms with van der Waals surface area (Å²) in [6, 6.07) is 18.5. The Morgan fingerprint density at radius 1 is 0.974 bits per heavy atom. The molecule has 1 atom stereocenters. The summed E-state index contributed by atoms with van der Waals surface area (Å²) in [5.41, 5.74) is 2.14. The van der Waals surface area contributed by atoms with Crippen molar-refractivity contribution in [3.63, 3.8) is 0 Å². The van der Waals surface area contributed by atoms with Gasteiger partial charge in [-0.1, -0.05) is 61.7 Å². The van der Waals surface area contributed by atoms with Crippen LogP contribution in [-0.2, 0) is 16.1 Å². The van der Waals surface area contributed by atoms with Gasteiger partial charge in [0.25, 0.3) is 0 Å². The lowest BCUT2D eigenvalue weighted by Gasteiger charge is -2.38. The standard InChI is InChI=1S/C32H43N3O3.ClH/c1-38-28-14-12-25(13-15-28)24-35-23-19-32(31(35)37)17-21-34(22-18-32)20-16-29(26-8-4-2-5-9-26)33-30(36)27-10-6-3-7-11-27;/h2,4-5,8-9,12-15,27,29H,3,6-7,10-11,16-24H2,1H3,(H,33,36);1H/t29-;/m0./s1. The number of hydrogen-bond acceptors (Lipinski definition) is 4. The SMILES string of the molecule is COc1ccc(CN2CCC3(CCN(CC[C@H](NC(=O)C4CCCCC4)c4ccccc4)CC3)C2=O)cc1.Cl. The number of amides is 2. The monoisotopic (exact) mass is 553 g/mol. The molecule has 2 aromatic rings. The summed E-state index contributed by atoms with van der Waals surface area (Å²) in [6.45, 7) is 4.34. The highest BCUT2D eigenvalue weighted by Crippen LogP contribution is 2.42. The van der Waals surface area contributed by atoms with Crippen LogP contribution in [0.1, 0.15) is 75.0 Å². The van der Waals surface area contributed by atoms with Gasteiger partial charge in [-0.15, -0.1) is 12.4 Å². The summed E-state index contributed by atoms with van der Waals surface area (Å²) in [5, 5.41) is 3.40. The molecule has 2 amide bonds. The minimum atomic E-state index is -0.197. The number of rotatable bonds is 9. The zero-order valence-electron chi connectivity index (χ0n) is 23.3. The van der Waals surface area contributed by atoms with E-state index in [4.69, 9.17) is 4.74 Å². The number of likely N-dealkylation sites (tertiary alicyclic amines) is 2. The topological polar surface area (TPSA) is 61.9 Å². The van der Waals surface area contributed by atoms with Crippen LogP contribution in [0.15, 0.2) is 54.6 Å². The molecule has 5 rings (SSSR count). The molecule has 1 spiro atoms. The Bertz CT molecular complexity index is 1060. The summed E-state index contributed by atoms with van der Waals surface area (Å²) in [7, 11) is 1.67. The third kappa shape index (κ3) is 7.15. The fourth-order valence-electron chi connectivity index (χ4n) is 6.64. The number of piperidine rings is 1. The average Bonchev–Trinajstić information content (AvgIpc) is 3.27. The number of nitrogens with zero attached hydrogens (tertiary/aromatic N) is 2. The number of benzene rings is 2. The van der Waals surface area contributed by atoms with Crippen molar-refractivity contribution in [2.75, 3.05) is 33.3 Å². The van der Waals surface area contributed by atoms with Crippen molar-refractivity contribution >= 4 is 24.2 Å². The summed E-state index contributed by atoms with van der Waals surface area (Å²) >= 11 is 0. The van der Waals surface area contributed by atoms with Crippen LogP contribution in [0.25, 0.3) is 0 Å². The zero-order chi connectivity index (χ0) is 26.4. The molecule has 212 valence electrons. The second-order valence-corrected chi connectivity index (χ2v) is 11.5. The smallest absolute Gasteiger partial charge is 0.229 e. The van der Waals surface area contributed by atoms with Crippen molar-refractivity contribution in [1.29, 1.82) is 0 Å².